The third-order valence-corrected chi connectivity index (χ3v) is 4.78. The molecule has 1 fully saturated rings. The molecule has 4 heteroatoms. The zero-order chi connectivity index (χ0) is 14.2. The van der Waals surface area contributed by atoms with Crippen molar-refractivity contribution < 1.29 is 14.6 Å². The monoisotopic (exact) mass is 277 g/mol. The summed E-state index contributed by atoms with van der Waals surface area (Å²) >= 11 is 0. The molecule has 1 saturated carbocycles. The smallest absolute Gasteiger partial charge is 0.231 e. The van der Waals surface area contributed by atoms with Crippen molar-refractivity contribution in [2.45, 2.75) is 43.6 Å². The first kappa shape index (κ1) is 13.7. The van der Waals surface area contributed by atoms with Crippen molar-refractivity contribution in [2.24, 2.45) is 0 Å². The Morgan fingerprint density at radius 3 is 2.55 bits per heavy atom. The number of ether oxygens (including phenoxy) is 2. The van der Waals surface area contributed by atoms with E-state index in [2.05, 4.69) is 17.4 Å². The van der Waals surface area contributed by atoms with E-state index in [9.17, 15) is 5.11 Å². The Bertz CT molecular complexity index is 488. The summed E-state index contributed by atoms with van der Waals surface area (Å²) in [6.45, 7) is 3.17. The topological polar surface area (TPSA) is 50.7 Å². The lowest BCUT2D eigenvalue weighted by molar-refractivity contribution is 0.000302. The highest BCUT2D eigenvalue weighted by atomic mass is 16.7. The van der Waals surface area contributed by atoms with Gasteiger partial charge in [-0.2, -0.15) is 0 Å². The Morgan fingerprint density at radius 2 is 1.85 bits per heavy atom. The summed E-state index contributed by atoms with van der Waals surface area (Å²) in [5.41, 5.74) is 0.845. The van der Waals surface area contributed by atoms with Gasteiger partial charge in [0.05, 0.1) is 5.60 Å². The highest BCUT2D eigenvalue weighted by molar-refractivity contribution is 5.47. The van der Waals surface area contributed by atoms with Gasteiger partial charge in [0.15, 0.2) is 11.5 Å². The molecule has 4 nitrogen and oxygen atoms in total. The van der Waals surface area contributed by atoms with E-state index in [-0.39, 0.29) is 5.41 Å². The maximum Gasteiger partial charge on any atom is 0.231 e. The second-order valence-corrected chi connectivity index (χ2v) is 6.38. The van der Waals surface area contributed by atoms with Gasteiger partial charge in [0, 0.05) is 12.0 Å². The molecule has 2 aliphatic rings. The van der Waals surface area contributed by atoms with Crippen molar-refractivity contribution >= 4 is 0 Å². The van der Waals surface area contributed by atoms with Crippen LogP contribution in [-0.2, 0) is 5.41 Å². The van der Waals surface area contributed by atoms with Gasteiger partial charge in [-0.1, -0.05) is 6.07 Å². The first-order valence-electron chi connectivity index (χ1n) is 7.32. The molecule has 0 saturated heterocycles. The minimum atomic E-state index is -0.520. The van der Waals surface area contributed by atoms with Gasteiger partial charge >= 0.3 is 0 Å². The molecule has 1 heterocycles. The molecule has 0 amide bonds. The molecular formula is C16H23NO3. The van der Waals surface area contributed by atoms with E-state index >= 15 is 0 Å². The SMILES string of the molecule is CNCC1(c2ccc3c(c2)OCO3)CCC(C)(O)CC1. The molecule has 0 atom stereocenters. The number of fused-ring (bicyclic) bond motifs is 1. The molecule has 0 bridgehead atoms. The van der Waals surface area contributed by atoms with E-state index in [0.717, 1.165) is 43.7 Å². The van der Waals surface area contributed by atoms with E-state index in [1.54, 1.807) is 0 Å². The normalized spacial score (nSPS) is 32.4. The zero-order valence-corrected chi connectivity index (χ0v) is 12.2. The van der Waals surface area contributed by atoms with Crippen LogP contribution >= 0.6 is 0 Å². The Labute approximate surface area is 120 Å². The molecule has 3 rings (SSSR count). The third kappa shape index (κ3) is 2.38. The fourth-order valence-electron chi connectivity index (χ4n) is 3.40. The third-order valence-electron chi connectivity index (χ3n) is 4.78. The molecule has 0 radical (unpaired) electrons. The van der Waals surface area contributed by atoms with Crippen LogP contribution in [0.3, 0.4) is 0 Å². The molecule has 1 aliphatic carbocycles. The lowest BCUT2D eigenvalue weighted by Gasteiger charge is -2.43. The maximum atomic E-state index is 10.2. The van der Waals surface area contributed by atoms with Crippen LogP contribution in [0.5, 0.6) is 11.5 Å². The first-order chi connectivity index (χ1) is 9.55. The predicted molar refractivity (Wildman–Crippen MR) is 77.3 cm³/mol. The zero-order valence-electron chi connectivity index (χ0n) is 12.2. The van der Waals surface area contributed by atoms with Crippen molar-refractivity contribution in [3.05, 3.63) is 23.8 Å². The Balaban J connectivity index is 1.91. The lowest BCUT2D eigenvalue weighted by Crippen LogP contribution is -2.44. The number of rotatable bonds is 3. The molecule has 1 aromatic rings. The van der Waals surface area contributed by atoms with Crippen LogP contribution in [0.2, 0.25) is 0 Å². The van der Waals surface area contributed by atoms with Crippen molar-refractivity contribution in [1.82, 2.24) is 5.32 Å². The van der Waals surface area contributed by atoms with Gasteiger partial charge in [-0.3, -0.25) is 0 Å². The molecule has 0 spiro atoms. The minimum Gasteiger partial charge on any atom is -0.454 e. The molecule has 0 unspecified atom stereocenters. The highest BCUT2D eigenvalue weighted by Gasteiger charge is 2.40. The van der Waals surface area contributed by atoms with E-state index in [1.807, 2.05) is 20.0 Å². The maximum absolute atomic E-state index is 10.2. The molecular weight excluding hydrogens is 254 g/mol. The van der Waals surface area contributed by atoms with Gasteiger partial charge in [-0.15, -0.1) is 0 Å². The van der Waals surface area contributed by atoms with Crippen LogP contribution in [0.15, 0.2) is 18.2 Å². The summed E-state index contributed by atoms with van der Waals surface area (Å²) in [6, 6.07) is 6.26. The van der Waals surface area contributed by atoms with Crippen LogP contribution in [0, 0.1) is 0 Å². The van der Waals surface area contributed by atoms with Gasteiger partial charge in [-0.05, 0) is 57.4 Å². The number of benzene rings is 1. The number of hydrogen-bond acceptors (Lipinski definition) is 4. The van der Waals surface area contributed by atoms with Crippen molar-refractivity contribution in [1.29, 1.82) is 0 Å². The number of hydrogen-bond donors (Lipinski definition) is 2. The van der Waals surface area contributed by atoms with Crippen LogP contribution in [0.4, 0.5) is 0 Å². The van der Waals surface area contributed by atoms with E-state index in [0.29, 0.717) is 6.79 Å². The summed E-state index contributed by atoms with van der Waals surface area (Å²) < 4.78 is 10.9. The van der Waals surface area contributed by atoms with E-state index < -0.39 is 5.60 Å². The van der Waals surface area contributed by atoms with E-state index in [4.69, 9.17) is 9.47 Å². The minimum absolute atomic E-state index is 0.0813. The Morgan fingerprint density at radius 1 is 1.15 bits per heavy atom. The Kier molecular flexibility index (Phi) is 3.38. The fourth-order valence-corrected chi connectivity index (χ4v) is 3.40. The second kappa shape index (κ2) is 4.93. The summed E-state index contributed by atoms with van der Waals surface area (Å²) in [4.78, 5) is 0. The van der Waals surface area contributed by atoms with Crippen molar-refractivity contribution in [3.63, 3.8) is 0 Å². The highest BCUT2D eigenvalue weighted by Crippen LogP contribution is 2.45. The molecule has 1 aliphatic heterocycles. The second-order valence-electron chi connectivity index (χ2n) is 6.38. The summed E-state index contributed by atoms with van der Waals surface area (Å²) in [5, 5.41) is 13.5. The van der Waals surface area contributed by atoms with Gasteiger partial charge in [0.2, 0.25) is 6.79 Å². The van der Waals surface area contributed by atoms with Crippen LogP contribution in [0.1, 0.15) is 38.2 Å². The van der Waals surface area contributed by atoms with Gasteiger partial charge < -0.3 is 19.9 Å². The largest absolute Gasteiger partial charge is 0.454 e. The quantitative estimate of drug-likeness (QED) is 0.889. The van der Waals surface area contributed by atoms with Crippen LogP contribution < -0.4 is 14.8 Å². The molecule has 1 aromatic carbocycles. The number of likely N-dealkylation sites (N-methyl/N-ethyl adjacent to an activating group) is 1. The standard InChI is InChI=1S/C16H23NO3/c1-15(18)5-7-16(8-6-15,10-17-2)12-3-4-13-14(9-12)20-11-19-13/h3-4,9,17-18H,5-8,10-11H2,1-2H3. The van der Waals surface area contributed by atoms with Crippen molar-refractivity contribution in [3.8, 4) is 11.5 Å². The van der Waals surface area contributed by atoms with Gasteiger partial charge in [0.25, 0.3) is 0 Å². The molecule has 110 valence electrons. The molecule has 2 N–H and O–H groups in total. The van der Waals surface area contributed by atoms with E-state index in [1.165, 1.54) is 5.56 Å². The summed E-state index contributed by atoms with van der Waals surface area (Å²) in [7, 11) is 1.99. The van der Waals surface area contributed by atoms with Crippen molar-refractivity contribution in [2.75, 3.05) is 20.4 Å². The lowest BCUT2D eigenvalue weighted by atomic mass is 9.65. The average molecular weight is 277 g/mol. The van der Waals surface area contributed by atoms with Gasteiger partial charge in [-0.25, -0.2) is 0 Å². The average Bonchev–Trinajstić information content (AvgIpc) is 2.89. The fraction of sp³-hybridized carbons (Fsp3) is 0.625. The number of nitrogens with one attached hydrogen (secondary N) is 1. The molecule has 20 heavy (non-hydrogen) atoms. The first-order valence-corrected chi connectivity index (χ1v) is 7.32. The Hall–Kier alpha value is -1.26. The summed E-state index contributed by atoms with van der Waals surface area (Å²) in [6.07, 6.45) is 3.65. The van der Waals surface area contributed by atoms with Gasteiger partial charge in [0.1, 0.15) is 0 Å². The summed E-state index contributed by atoms with van der Waals surface area (Å²) in [5.74, 6) is 1.67. The van der Waals surface area contributed by atoms with Crippen LogP contribution in [0.25, 0.3) is 0 Å². The predicted octanol–water partition coefficient (Wildman–Crippen LogP) is 2.20. The van der Waals surface area contributed by atoms with Crippen LogP contribution in [-0.4, -0.2) is 31.1 Å². The number of aliphatic hydroxyl groups is 1. The molecule has 0 aromatic heterocycles.